The molecule has 2 aromatic heterocycles. The summed E-state index contributed by atoms with van der Waals surface area (Å²) in [6, 6.07) is 14.5. The molecule has 2 unspecified atom stereocenters. The van der Waals surface area contributed by atoms with Gasteiger partial charge in [0.05, 0.1) is 11.4 Å². The smallest absolute Gasteiger partial charge is 0.276 e. The number of carbonyl (C=O) groups excluding carboxylic acids is 1. The number of rotatable bonds is 6. The van der Waals surface area contributed by atoms with Crippen molar-refractivity contribution in [3.8, 4) is 0 Å². The van der Waals surface area contributed by atoms with Gasteiger partial charge in [0, 0.05) is 31.4 Å². The summed E-state index contributed by atoms with van der Waals surface area (Å²) in [5, 5.41) is 10.7. The van der Waals surface area contributed by atoms with E-state index < -0.39 is 0 Å². The summed E-state index contributed by atoms with van der Waals surface area (Å²) in [4.78, 5) is 17.7. The number of anilines is 1. The lowest BCUT2D eigenvalue weighted by Gasteiger charge is -2.46. The van der Waals surface area contributed by atoms with Gasteiger partial charge in [-0.1, -0.05) is 65.0 Å². The number of hydrogen-bond acceptors (Lipinski definition) is 4. The maximum Gasteiger partial charge on any atom is 0.276 e. The highest BCUT2D eigenvalue weighted by molar-refractivity contribution is 6.00. The number of nitrogens with zero attached hydrogens (tertiary/aromatic N) is 4. The molecule has 2 atom stereocenters. The zero-order chi connectivity index (χ0) is 23.0. The highest BCUT2D eigenvalue weighted by Crippen LogP contribution is 2.37. The molecule has 0 saturated carbocycles. The predicted molar refractivity (Wildman–Crippen MR) is 128 cm³/mol. The monoisotopic (exact) mass is 434 g/mol. The van der Waals surface area contributed by atoms with Crippen molar-refractivity contribution in [3.05, 3.63) is 71.8 Å². The Balaban J connectivity index is 1.83. The first-order valence-electron chi connectivity index (χ1n) is 11.2. The molecule has 0 aliphatic carbocycles. The maximum absolute atomic E-state index is 13.2. The van der Waals surface area contributed by atoms with Gasteiger partial charge in [-0.25, -0.2) is 4.90 Å². The highest BCUT2D eigenvalue weighted by atomic mass is 16.2. The lowest BCUT2D eigenvalue weighted by Crippen LogP contribution is -2.62. The van der Waals surface area contributed by atoms with Crippen LogP contribution in [0.3, 0.4) is 0 Å². The molecule has 0 bridgehead atoms. The summed E-state index contributed by atoms with van der Waals surface area (Å²) < 4.78 is 2.20. The normalized spacial score (nSPS) is 17.6. The molecule has 3 aromatic rings. The van der Waals surface area contributed by atoms with Crippen LogP contribution in [0.1, 0.15) is 62.5 Å². The number of aromatic amines is 1. The van der Waals surface area contributed by atoms with Crippen LogP contribution in [0.5, 0.6) is 0 Å². The van der Waals surface area contributed by atoms with E-state index in [4.69, 9.17) is 0 Å². The Labute approximate surface area is 190 Å². The van der Waals surface area contributed by atoms with Crippen molar-refractivity contribution in [2.75, 3.05) is 18.5 Å². The van der Waals surface area contributed by atoms with Crippen LogP contribution >= 0.6 is 0 Å². The van der Waals surface area contributed by atoms with Crippen molar-refractivity contribution >= 4 is 11.6 Å². The first kappa shape index (κ1) is 22.1. The number of aromatic nitrogens is 3. The Bertz CT molecular complexity index is 1050. The Hall–Kier alpha value is -3.06. The molecular formula is C25H34N6O. The van der Waals surface area contributed by atoms with Crippen LogP contribution in [0, 0.1) is 5.92 Å². The Morgan fingerprint density at radius 1 is 1.09 bits per heavy atom. The van der Waals surface area contributed by atoms with Crippen LogP contribution < -0.4 is 10.2 Å². The number of hydrogen-bond donors (Lipinski definition) is 2. The number of benzene rings is 1. The first-order valence-corrected chi connectivity index (χ1v) is 11.2. The fourth-order valence-electron chi connectivity index (χ4n) is 4.50. The minimum absolute atomic E-state index is 0.0760. The first-order chi connectivity index (χ1) is 15.2. The summed E-state index contributed by atoms with van der Waals surface area (Å²) in [7, 11) is 2.04. The molecule has 7 heteroatoms. The van der Waals surface area contributed by atoms with Crippen LogP contribution in [0.25, 0.3) is 0 Å². The summed E-state index contributed by atoms with van der Waals surface area (Å²) in [6.45, 7) is 11.6. The van der Waals surface area contributed by atoms with Crippen LogP contribution in [0.4, 0.5) is 5.69 Å². The fourth-order valence-corrected chi connectivity index (χ4v) is 4.50. The lowest BCUT2D eigenvalue weighted by atomic mass is 9.90. The van der Waals surface area contributed by atoms with Gasteiger partial charge < -0.3 is 14.8 Å². The number of carbonyl (C=O) groups is 1. The molecule has 0 fully saturated rings. The molecule has 0 saturated heterocycles. The van der Waals surface area contributed by atoms with Crippen LogP contribution in [0.15, 0.2) is 54.9 Å². The van der Waals surface area contributed by atoms with Gasteiger partial charge in [-0.15, -0.1) is 0 Å². The van der Waals surface area contributed by atoms with Crippen molar-refractivity contribution in [3.63, 3.8) is 0 Å². The second kappa shape index (κ2) is 8.47. The van der Waals surface area contributed by atoms with E-state index in [9.17, 15) is 4.79 Å². The third-order valence-corrected chi connectivity index (χ3v) is 5.90. The molecule has 4 rings (SSSR count). The molecule has 1 aliphatic heterocycles. The fraction of sp³-hybridized carbons (Fsp3) is 0.440. The van der Waals surface area contributed by atoms with Crippen LogP contribution in [-0.4, -0.2) is 45.5 Å². The van der Waals surface area contributed by atoms with Gasteiger partial charge in [0.25, 0.3) is 5.91 Å². The second-order valence-corrected chi connectivity index (χ2v) is 10.0. The van der Waals surface area contributed by atoms with Gasteiger partial charge in [0.15, 0.2) is 12.0 Å². The van der Waals surface area contributed by atoms with Crippen molar-refractivity contribution in [2.24, 2.45) is 5.92 Å². The predicted octanol–water partition coefficient (Wildman–Crippen LogP) is 4.18. The number of amides is 1. The third-order valence-electron chi connectivity index (χ3n) is 5.90. The molecule has 0 radical (unpaired) electrons. The lowest BCUT2D eigenvalue weighted by molar-refractivity contribution is 0.0590. The van der Waals surface area contributed by atoms with E-state index in [0.717, 1.165) is 17.9 Å². The maximum atomic E-state index is 13.2. The average Bonchev–Trinajstić information content (AvgIpc) is 3.41. The standard InChI is InChI=1S/C25H34N6O/c1-17(2)16-31(23(30-14-10-11-15-30)18-12-8-7-9-13-18)24-26-22(32)19-20(29(24)6)21(28-27-19)25(3,4)5/h7-15,17,23-24H,16H2,1-6H3,(H,26,32)(H,27,28). The molecule has 7 nitrogen and oxygen atoms in total. The largest absolute Gasteiger partial charge is 0.338 e. The van der Waals surface area contributed by atoms with E-state index in [-0.39, 0.29) is 23.8 Å². The van der Waals surface area contributed by atoms with Crippen molar-refractivity contribution in [1.29, 1.82) is 0 Å². The quantitative estimate of drug-likeness (QED) is 0.611. The SMILES string of the molecule is CC(C)CN(C1NC(=O)c2n[nH]c(C(C)(C)C)c2N1C)C(c1ccccc1)n1cccc1. The van der Waals surface area contributed by atoms with E-state index in [1.807, 2.05) is 25.2 Å². The summed E-state index contributed by atoms with van der Waals surface area (Å²) in [6.07, 6.45) is 3.76. The van der Waals surface area contributed by atoms with E-state index in [2.05, 4.69) is 101 Å². The van der Waals surface area contributed by atoms with Crippen LogP contribution in [0.2, 0.25) is 0 Å². The van der Waals surface area contributed by atoms with Gasteiger partial charge in [0.1, 0.15) is 6.17 Å². The molecule has 0 spiro atoms. The molecule has 1 aromatic carbocycles. The summed E-state index contributed by atoms with van der Waals surface area (Å²) in [5.41, 5.74) is 3.30. The molecule has 170 valence electrons. The molecular weight excluding hydrogens is 400 g/mol. The van der Waals surface area contributed by atoms with Crippen LogP contribution in [-0.2, 0) is 5.41 Å². The molecule has 3 heterocycles. The van der Waals surface area contributed by atoms with E-state index >= 15 is 0 Å². The summed E-state index contributed by atoms with van der Waals surface area (Å²) in [5.74, 6) is 0.248. The number of H-pyrrole nitrogens is 1. The minimum atomic E-state index is -0.330. The Kier molecular flexibility index (Phi) is 5.86. The molecule has 2 N–H and O–H groups in total. The van der Waals surface area contributed by atoms with E-state index in [1.165, 1.54) is 5.56 Å². The van der Waals surface area contributed by atoms with E-state index in [0.29, 0.717) is 11.6 Å². The van der Waals surface area contributed by atoms with Crippen molar-refractivity contribution < 1.29 is 4.79 Å². The average molecular weight is 435 g/mol. The highest BCUT2D eigenvalue weighted by Gasteiger charge is 2.41. The van der Waals surface area contributed by atoms with Gasteiger partial charge >= 0.3 is 0 Å². The second-order valence-electron chi connectivity index (χ2n) is 10.0. The minimum Gasteiger partial charge on any atom is -0.338 e. The zero-order valence-corrected chi connectivity index (χ0v) is 19.8. The Morgan fingerprint density at radius 3 is 2.34 bits per heavy atom. The molecule has 1 aliphatic rings. The van der Waals surface area contributed by atoms with E-state index in [1.54, 1.807) is 0 Å². The van der Waals surface area contributed by atoms with Gasteiger partial charge in [0.2, 0.25) is 0 Å². The van der Waals surface area contributed by atoms with Crippen molar-refractivity contribution in [2.45, 2.75) is 52.5 Å². The number of nitrogens with one attached hydrogen (secondary N) is 2. The molecule has 1 amide bonds. The van der Waals surface area contributed by atoms with Crippen molar-refractivity contribution in [1.82, 2.24) is 25.0 Å². The van der Waals surface area contributed by atoms with Gasteiger partial charge in [-0.2, -0.15) is 5.10 Å². The zero-order valence-electron chi connectivity index (χ0n) is 19.8. The number of fused-ring (bicyclic) bond motifs is 1. The van der Waals surface area contributed by atoms with Gasteiger partial charge in [-0.05, 0) is 23.6 Å². The van der Waals surface area contributed by atoms with Gasteiger partial charge in [-0.3, -0.25) is 9.89 Å². The Morgan fingerprint density at radius 2 is 1.75 bits per heavy atom. The third kappa shape index (κ3) is 4.05. The molecule has 32 heavy (non-hydrogen) atoms. The summed E-state index contributed by atoms with van der Waals surface area (Å²) >= 11 is 0. The topological polar surface area (TPSA) is 69.2 Å².